The molecule has 0 bridgehead atoms. The number of hydrogen-bond donors (Lipinski definition) is 1. The zero-order valence-corrected chi connectivity index (χ0v) is 21.0. The summed E-state index contributed by atoms with van der Waals surface area (Å²) in [5.41, 5.74) is 1.35. The van der Waals surface area contributed by atoms with Crippen LogP contribution in [0.5, 0.6) is 0 Å². The normalized spacial score (nSPS) is 23.5. The van der Waals surface area contributed by atoms with Gasteiger partial charge in [0.2, 0.25) is 10.0 Å². The molecule has 1 N–H and O–H groups in total. The first-order valence-electron chi connectivity index (χ1n) is 11.4. The Labute approximate surface area is 200 Å². The number of sulfonamides is 1. The maximum atomic E-state index is 13.0. The minimum Gasteiger partial charge on any atom is -0.373 e. The second kappa shape index (κ2) is 10.2. The van der Waals surface area contributed by atoms with Crippen LogP contribution < -0.4 is 5.32 Å². The van der Waals surface area contributed by atoms with Gasteiger partial charge in [0.1, 0.15) is 0 Å². The average Bonchev–Trinajstić information content (AvgIpc) is 3.21. The van der Waals surface area contributed by atoms with Crippen LogP contribution in [0.15, 0.2) is 34.5 Å². The average molecular weight is 493 g/mol. The van der Waals surface area contributed by atoms with Crippen LogP contribution in [0.4, 0.5) is 5.13 Å². The highest BCUT2D eigenvalue weighted by Gasteiger charge is 2.32. The van der Waals surface area contributed by atoms with Crippen molar-refractivity contribution in [3.8, 4) is 0 Å². The molecule has 0 radical (unpaired) electrons. The Kier molecular flexibility index (Phi) is 7.49. The van der Waals surface area contributed by atoms with Gasteiger partial charge in [0.15, 0.2) is 5.13 Å². The number of morpholine rings is 1. The molecular weight excluding hydrogens is 460 g/mol. The molecule has 2 aromatic rings. The Balaban J connectivity index is 1.36. The first kappa shape index (κ1) is 24.3. The minimum atomic E-state index is -3.64. The molecule has 1 amide bonds. The number of benzene rings is 1. The lowest BCUT2D eigenvalue weighted by molar-refractivity contribution is -0.0440. The number of nitrogens with zero attached hydrogens (tertiary/aromatic N) is 3. The highest BCUT2D eigenvalue weighted by atomic mass is 32.2. The molecule has 1 aromatic heterocycles. The molecule has 0 aliphatic carbocycles. The third kappa shape index (κ3) is 5.99. The van der Waals surface area contributed by atoms with Crippen molar-refractivity contribution in [1.29, 1.82) is 0 Å². The number of likely N-dealkylation sites (tertiary alicyclic amines) is 1. The van der Waals surface area contributed by atoms with Crippen LogP contribution in [0.2, 0.25) is 0 Å². The van der Waals surface area contributed by atoms with Crippen molar-refractivity contribution in [3.05, 3.63) is 40.9 Å². The summed E-state index contributed by atoms with van der Waals surface area (Å²) in [4.78, 5) is 19.8. The summed E-state index contributed by atoms with van der Waals surface area (Å²) >= 11 is 1.40. The van der Waals surface area contributed by atoms with Gasteiger partial charge in [-0.15, -0.1) is 11.3 Å². The fourth-order valence-electron chi connectivity index (χ4n) is 4.31. The van der Waals surface area contributed by atoms with Gasteiger partial charge in [-0.3, -0.25) is 15.0 Å². The summed E-state index contributed by atoms with van der Waals surface area (Å²) in [6.45, 7) is 9.61. The maximum absolute atomic E-state index is 13.0. The van der Waals surface area contributed by atoms with Gasteiger partial charge < -0.3 is 4.74 Å². The van der Waals surface area contributed by atoms with Gasteiger partial charge in [0.05, 0.1) is 22.8 Å². The highest BCUT2D eigenvalue weighted by Crippen LogP contribution is 2.23. The molecule has 4 rings (SSSR count). The molecule has 0 spiro atoms. The van der Waals surface area contributed by atoms with E-state index in [9.17, 15) is 13.2 Å². The fraction of sp³-hybridized carbons (Fsp3) is 0.565. The van der Waals surface area contributed by atoms with Crippen molar-refractivity contribution in [2.45, 2.75) is 57.3 Å². The van der Waals surface area contributed by atoms with Crippen LogP contribution in [0, 0.1) is 5.92 Å². The van der Waals surface area contributed by atoms with Gasteiger partial charge in [-0.05, 0) is 70.0 Å². The number of ether oxygens (including phenoxy) is 1. The summed E-state index contributed by atoms with van der Waals surface area (Å²) in [6, 6.07) is 6.05. The molecule has 0 saturated carbocycles. The van der Waals surface area contributed by atoms with Gasteiger partial charge >= 0.3 is 0 Å². The van der Waals surface area contributed by atoms with Crippen LogP contribution in [0.3, 0.4) is 0 Å². The maximum Gasteiger partial charge on any atom is 0.257 e. The highest BCUT2D eigenvalue weighted by molar-refractivity contribution is 7.89. The zero-order valence-electron chi connectivity index (χ0n) is 19.4. The Hall–Kier alpha value is -1.85. The topological polar surface area (TPSA) is 91.8 Å². The van der Waals surface area contributed by atoms with E-state index in [4.69, 9.17) is 4.74 Å². The number of nitrogens with one attached hydrogen (secondary N) is 1. The van der Waals surface area contributed by atoms with E-state index in [-0.39, 0.29) is 23.0 Å². The number of hydrogen-bond acceptors (Lipinski definition) is 7. The lowest BCUT2D eigenvalue weighted by Crippen LogP contribution is -2.48. The fourth-order valence-corrected chi connectivity index (χ4v) is 6.60. The van der Waals surface area contributed by atoms with E-state index in [1.807, 2.05) is 19.2 Å². The van der Waals surface area contributed by atoms with E-state index in [0.29, 0.717) is 23.8 Å². The van der Waals surface area contributed by atoms with Crippen molar-refractivity contribution in [3.63, 3.8) is 0 Å². The van der Waals surface area contributed by atoms with Gasteiger partial charge in [-0.1, -0.05) is 6.92 Å². The number of thiazole rings is 1. The number of anilines is 1. The molecule has 1 aromatic carbocycles. The van der Waals surface area contributed by atoms with Gasteiger partial charge in [0, 0.05) is 30.6 Å². The summed E-state index contributed by atoms with van der Waals surface area (Å²) in [6.07, 6.45) is 2.11. The second-order valence-electron chi connectivity index (χ2n) is 9.16. The quantitative estimate of drug-likeness (QED) is 0.664. The zero-order chi connectivity index (χ0) is 23.6. The van der Waals surface area contributed by atoms with Crippen LogP contribution in [-0.2, 0) is 21.3 Å². The third-order valence-electron chi connectivity index (χ3n) is 6.17. The van der Waals surface area contributed by atoms with Crippen molar-refractivity contribution >= 4 is 32.4 Å². The Morgan fingerprint density at radius 1 is 1.12 bits per heavy atom. The molecule has 2 fully saturated rings. The molecule has 2 atom stereocenters. The summed E-state index contributed by atoms with van der Waals surface area (Å²) in [7, 11) is -3.64. The lowest BCUT2D eigenvalue weighted by atomic mass is 9.99. The molecule has 2 aliphatic heterocycles. The van der Waals surface area contributed by atoms with E-state index in [2.05, 4.69) is 22.1 Å². The summed E-state index contributed by atoms with van der Waals surface area (Å²) in [5, 5.41) is 5.36. The molecule has 8 nitrogen and oxygen atoms in total. The second-order valence-corrected chi connectivity index (χ2v) is 12.0. The number of aromatic nitrogens is 1. The summed E-state index contributed by atoms with van der Waals surface area (Å²) < 4.78 is 33.1. The van der Waals surface area contributed by atoms with Crippen molar-refractivity contribution in [1.82, 2.24) is 14.2 Å². The van der Waals surface area contributed by atoms with Crippen molar-refractivity contribution in [2.24, 2.45) is 5.92 Å². The number of amides is 1. The van der Waals surface area contributed by atoms with Crippen LogP contribution >= 0.6 is 11.3 Å². The Bertz CT molecular complexity index is 1050. The van der Waals surface area contributed by atoms with E-state index in [1.54, 1.807) is 12.1 Å². The molecular formula is C23H32N4O4S2. The minimum absolute atomic E-state index is 0.157. The van der Waals surface area contributed by atoms with Crippen molar-refractivity contribution in [2.75, 3.05) is 31.5 Å². The summed E-state index contributed by atoms with van der Waals surface area (Å²) in [5.74, 6) is 0.481. The monoisotopic (exact) mass is 492 g/mol. The van der Waals surface area contributed by atoms with Crippen molar-refractivity contribution < 1.29 is 17.9 Å². The first-order chi connectivity index (χ1) is 15.7. The molecule has 10 heteroatoms. The predicted molar refractivity (Wildman–Crippen MR) is 129 cm³/mol. The molecule has 33 heavy (non-hydrogen) atoms. The first-order valence-corrected chi connectivity index (χ1v) is 13.8. The standard InChI is InChI=1S/C23H32N4O4S2/c1-16-8-10-26(11-9-16)14-20-15-32-23(24-20)25-22(28)19-4-6-21(7-5-19)33(29,30)27-12-17(2)31-18(3)13-27/h4-7,15-18H,8-14H2,1-3H3,(H,24,25,28)/t17-,18+. The lowest BCUT2D eigenvalue weighted by Gasteiger charge is -2.34. The SMILES string of the molecule is CC1CCN(Cc2csc(NC(=O)c3ccc(S(=O)(=O)N4C[C@@H](C)O[C@@H](C)C4)cc3)n2)CC1. The van der Waals surface area contributed by atoms with Gasteiger partial charge in [0.25, 0.3) is 5.91 Å². The van der Waals surface area contributed by atoms with Crippen LogP contribution in [0.25, 0.3) is 0 Å². The largest absolute Gasteiger partial charge is 0.373 e. The molecule has 0 unspecified atom stereocenters. The molecule has 3 heterocycles. The number of carbonyl (C=O) groups is 1. The molecule has 2 saturated heterocycles. The number of rotatable bonds is 6. The Morgan fingerprint density at radius 2 is 1.76 bits per heavy atom. The molecule has 180 valence electrons. The van der Waals surface area contributed by atoms with E-state index in [0.717, 1.165) is 31.2 Å². The van der Waals surface area contributed by atoms with Crippen LogP contribution in [0.1, 0.15) is 49.7 Å². The number of carbonyl (C=O) groups excluding carboxylic acids is 1. The Morgan fingerprint density at radius 3 is 2.39 bits per heavy atom. The van der Waals surface area contributed by atoms with E-state index >= 15 is 0 Å². The molecule has 2 aliphatic rings. The third-order valence-corrected chi connectivity index (χ3v) is 8.83. The van der Waals surface area contributed by atoms with E-state index < -0.39 is 10.0 Å². The van der Waals surface area contributed by atoms with E-state index in [1.165, 1.54) is 40.6 Å². The van der Waals surface area contributed by atoms with Gasteiger partial charge in [-0.25, -0.2) is 13.4 Å². The number of piperidine rings is 1. The van der Waals surface area contributed by atoms with Crippen LogP contribution in [-0.4, -0.2) is 66.9 Å². The predicted octanol–water partition coefficient (Wildman–Crippen LogP) is 3.43. The smallest absolute Gasteiger partial charge is 0.257 e. The van der Waals surface area contributed by atoms with Gasteiger partial charge in [-0.2, -0.15) is 4.31 Å².